The molecule has 1 amide bonds. The molecule has 0 radical (unpaired) electrons. The molecular weight excluding hydrogens is 516 g/mol. The van der Waals surface area contributed by atoms with E-state index in [1.807, 2.05) is 24.3 Å². The molecule has 0 spiro atoms. The third-order valence-electron chi connectivity index (χ3n) is 6.14. The van der Waals surface area contributed by atoms with E-state index >= 15 is 0 Å². The van der Waals surface area contributed by atoms with Gasteiger partial charge in [-0.05, 0) is 43.5 Å². The maximum Gasteiger partial charge on any atom is 0.243 e. The molecule has 0 atom stereocenters. The number of unbranched alkanes of at least 4 members (excludes halogenated alkanes) is 2. The number of fused-ring (bicyclic) bond motifs is 1. The lowest BCUT2D eigenvalue weighted by atomic mass is 10.1. The molecular formula is C27H33ClN2O8. The molecule has 1 saturated heterocycles. The topological polar surface area (TPSA) is 131 Å². The Morgan fingerprint density at radius 2 is 1.71 bits per heavy atom. The SMILES string of the molecule is Cl.O=C(CCCCCOc1cc(O)c2c(=O)cc(-c3ccc(OCCN4CCOCC4)cc3)oc2c1)NO. The number of morpholine rings is 1. The third-order valence-corrected chi connectivity index (χ3v) is 6.14. The Morgan fingerprint density at radius 3 is 2.45 bits per heavy atom. The average Bonchev–Trinajstić information content (AvgIpc) is 2.91. The van der Waals surface area contributed by atoms with Crippen molar-refractivity contribution in [2.75, 3.05) is 46.1 Å². The van der Waals surface area contributed by atoms with Crippen molar-refractivity contribution in [1.82, 2.24) is 10.4 Å². The number of hydrogen-bond donors (Lipinski definition) is 3. The van der Waals surface area contributed by atoms with Crippen molar-refractivity contribution in [1.29, 1.82) is 0 Å². The molecule has 3 aromatic rings. The summed E-state index contributed by atoms with van der Waals surface area (Å²) >= 11 is 0. The molecule has 4 rings (SSSR count). The highest BCUT2D eigenvalue weighted by molar-refractivity contribution is 5.86. The summed E-state index contributed by atoms with van der Waals surface area (Å²) in [5.74, 6) is 0.845. The monoisotopic (exact) mass is 548 g/mol. The van der Waals surface area contributed by atoms with Crippen molar-refractivity contribution in [3.8, 4) is 28.6 Å². The van der Waals surface area contributed by atoms with Crippen LogP contribution in [0.15, 0.2) is 51.7 Å². The van der Waals surface area contributed by atoms with Gasteiger partial charge >= 0.3 is 0 Å². The number of rotatable bonds is 12. The number of nitrogens with zero attached hydrogens (tertiary/aromatic N) is 1. The molecule has 1 aliphatic heterocycles. The smallest absolute Gasteiger partial charge is 0.243 e. The van der Waals surface area contributed by atoms with Gasteiger partial charge in [-0.15, -0.1) is 12.4 Å². The van der Waals surface area contributed by atoms with Crippen LogP contribution in [0, 0.1) is 0 Å². The second-order valence-electron chi connectivity index (χ2n) is 8.81. The second-order valence-corrected chi connectivity index (χ2v) is 8.81. The van der Waals surface area contributed by atoms with Crippen LogP contribution in [-0.2, 0) is 9.53 Å². The molecule has 1 aromatic heterocycles. The van der Waals surface area contributed by atoms with Gasteiger partial charge in [-0.25, -0.2) is 5.48 Å². The largest absolute Gasteiger partial charge is 0.507 e. The minimum absolute atomic E-state index is 0. The fraction of sp³-hybridized carbons (Fsp3) is 0.407. The first kappa shape index (κ1) is 29.2. The number of benzene rings is 2. The first-order chi connectivity index (χ1) is 18.0. The number of hydroxylamine groups is 1. The number of ether oxygens (including phenoxy) is 3. The van der Waals surface area contributed by atoms with E-state index in [9.17, 15) is 14.7 Å². The number of carbonyl (C=O) groups excluding carboxylic acids is 1. The highest BCUT2D eigenvalue weighted by atomic mass is 35.5. The predicted octanol–water partition coefficient (Wildman–Crippen LogP) is 3.74. The van der Waals surface area contributed by atoms with E-state index in [4.69, 9.17) is 23.8 Å². The minimum atomic E-state index is -0.419. The molecule has 0 bridgehead atoms. The van der Waals surface area contributed by atoms with Gasteiger partial charge < -0.3 is 23.7 Å². The lowest BCUT2D eigenvalue weighted by Crippen LogP contribution is -2.38. The number of amides is 1. The van der Waals surface area contributed by atoms with Gasteiger partial charge in [0.05, 0.1) is 19.8 Å². The zero-order chi connectivity index (χ0) is 26.0. The van der Waals surface area contributed by atoms with Crippen molar-refractivity contribution >= 4 is 29.3 Å². The fourth-order valence-corrected chi connectivity index (χ4v) is 4.11. The van der Waals surface area contributed by atoms with Crippen LogP contribution >= 0.6 is 12.4 Å². The fourth-order valence-electron chi connectivity index (χ4n) is 4.11. The molecule has 38 heavy (non-hydrogen) atoms. The molecule has 0 saturated carbocycles. The van der Waals surface area contributed by atoms with Crippen LogP contribution in [0.4, 0.5) is 0 Å². The Hall–Kier alpha value is -3.31. The highest BCUT2D eigenvalue weighted by Gasteiger charge is 2.14. The Balaban J connectivity index is 0.00000400. The van der Waals surface area contributed by atoms with E-state index in [0.29, 0.717) is 43.1 Å². The number of hydrogen-bond acceptors (Lipinski definition) is 9. The average molecular weight is 549 g/mol. The summed E-state index contributed by atoms with van der Waals surface area (Å²) in [5.41, 5.74) is 2.18. The molecule has 2 aromatic carbocycles. The first-order valence-electron chi connectivity index (χ1n) is 12.4. The summed E-state index contributed by atoms with van der Waals surface area (Å²) in [5, 5.41) is 19.0. The van der Waals surface area contributed by atoms with Crippen LogP contribution in [0.3, 0.4) is 0 Å². The van der Waals surface area contributed by atoms with E-state index in [1.165, 1.54) is 12.1 Å². The first-order valence-corrected chi connectivity index (χ1v) is 12.4. The van der Waals surface area contributed by atoms with Crippen LogP contribution in [-0.4, -0.2) is 67.2 Å². The summed E-state index contributed by atoms with van der Waals surface area (Å²) < 4.78 is 22.9. The van der Waals surface area contributed by atoms with Crippen LogP contribution in [0.2, 0.25) is 0 Å². The molecule has 0 aliphatic carbocycles. The van der Waals surface area contributed by atoms with E-state index in [1.54, 1.807) is 11.5 Å². The summed E-state index contributed by atoms with van der Waals surface area (Å²) in [7, 11) is 0. The molecule has 10 nitrogen and oxygen atoms in total. The third kappa shape index (κ3) is 8.09. The summed E-state index contributed by atoms with van der Waals surface area (Å²) in [6.07, 6.45) is 2.28. The summed E-state index contributed by atoms with van der Waals surface area (Å²) in [4.78, 5) is 26.1. The zero-order valence-electron chi connectivity index (χ0n) is 21.0. The summed E-state index contributed by atoms with van der Waals surface area (Å²) in [6.45, 7) is 5.11. The van der Waals surface area contributed by atoms with Crippen molar-refractivity contribution in [2.45, 2.75) is 25.7 Å². The number of nitrogens with one attached hydrogen (secondary N) is 1. The Morgan fingerprint density at radius 1 is 0.974 bits per heavy atom. The Kier molecular flexibility index (Phi) is 11.2. The van der Waals surface area contributed by atoms with Crippen LogP contribution in [0.5, 0.6) is 17.2 Å². The lowest BCUT2D eigenvalue weighted by Gasteiger charge is -2.26. The van der Waals surface area contributed by atoms with Gasteiger partial charge in [0.25, 0.3) is 0 Å². The molecule has 11 heteroatoms. The number of carbonyl (C=O) groups is 1. The zero-order valence-corrected chi connectivity index (χ0v) is 21.8. The minimum Gasteiger partial charge on any atom is -0.507 e. The maximum absolute atomic E-state index is 12.7. The van der Waals surface area contributed by atoms with Gasteiger partial charge in [0.1, 0.15) is 40.6 Å². The number of halogens is 1. The molecule has 206 valence electrons. The Bertz CT molecular complexity index is 1240. The Labute approximate surface area is 226 Å². The van der Waals surface area contributed by atoms with Crippen molar-refractivity contribution in [3.63, 3.8) is 0 Å². The molecule has 0 unspecified atom stereocenters. The van der Waals surface area contributed by atoms with E-state index in [2.05, 4.69) is 4.90 Å². The van der Waals surface area contributed by atoms with Crippen molar-refractivity contribution in [3.05, 3.63) is 52.7 Å². The second kappa shape index (κ2) is 14.6. The lowest BCUT2D eigenvalue weighted by molar-refractivity contribution is -0.129. The van der Waals surface area contributed by atoms with Crippen LogP contribution in [0.1, 0.15) is 25.7 Å². The predicted molar refractivity (Wildman–Crippen MR) is 143 cm³/mol. The van der Waals surface area contributed by atoms with Crippen molar-refractivity contribution in [2.24, 2.45) is 0 Å². The quantitative estimate of drug-likeness (QED) is 0.176. The number of phenolic OH excluding ortho intramolecular Hbond substituents is 1. The standard InChI is InChI=1S/C27H32N2O8.ClH/c30-22-16-21(35-12-3-1-2-4-26(32)28-33)17-25-27(22)23(31)18-24(37-25)19-5-7-20(8-6-19)36-15-11-29-9-13-34-14-10-29;/h5-8,16-18,30,33H,1-4,9-15H2,(H,28,32);1H. The highest BCUT2D eigenvalue weighted by Crippen LogP contribution is 2.31. The van der Waals surface area contributed by atoms with Crippen LogP contribution < -0.4 is 20.4 Å². The van der Waals surface area contributed by atoms with Gasteiger partial charge in [0, 0.05) is 49.8 Å². The van der Waals surface area contributed by atoms with Gasteiger partial charge in [-0.3, -0.25) is 19.7 Å². The van der Waals surface area contributed by atoms with E-state index < -0.39 is 5.91 Å². The van der Waals surface area contributed by atoms with Gasteiger partial charge in [-0.2, -0.15) is 0 Å². The molecule has 3 N–H and O–H groups in total. The van der Waals surface area contributed by atoms with E-state index in [-0.39, 0.29) is 41.0 Å². The van der Waals surface area contributed by atoms with Gasteiger partial charge in [0.15, 0.2) is 5.43 Å². The number of aromatic hydroxyl groups is 1. The normalized spacial score (nSPS) is 13.6. The number of phenols is 1. The summed E-state index contributed by atoms with van der Waals surface area (Å²) in [6, 6.07) is 11.7. The van der Waals surface area contributed by atoms with Crippen molar-refractivity contribution < 1.29 is 33.7 Å². The van der Waals surface area contributed by atoms with Crippen LogP contribution in [0.25, 0.3) is 22.3 Å². The van der Waals surface area contributed by atoms with Gasteiger partial charge in [-0.1, -0.05) is 0 Å². The maximum atomic E-state index is 12.7. The molecule has 1 aliphatic rings. The van der Waals surface area contributed by atoms with E-state index in [0.717, 1.165) is 45.0 Å². The molecule has 2 heterocycles. The van der Waals surface area contributed by atoms with Gasteiger partial charge in [0.2, 0.25) is 5.91 Å². The molecule has 1 fully saturated rings.